The molecule has 6 aliphatic heterocycles. The van der Waals surface area contributed by atoms with E-state index in [2.05, 4.69) is 340 Å². The summed E-state index contributed by atoms with van der Waals surface area (Å²) in [5.74, 6) is 7.48. The molecule has 15 aromatic rings. The molecule has 8 heterocycles. The number of hydrogen-bond acceptors (Lipinski definition) is 11. The monoisotopic (exact) mass is 1310 g/mol. The number of anilines is 15. The largest absolute Gasteiger partial charge is 0.458 e. The highest BCUT2D eigenvalue weighted by Gasteiger charge is 2.50. The third-order valence-corrected chi connectivity index (χ3v) is 20.6. The Bertz CT molecular complexity index is 5720. The fourth-order valence-corrected chi connectivity index (χ4v) is 16.5. The Morgan fingerprint density at radius 1 is 0.216 bits per heavy atom. The number of rotatable bonds is 11. The van der Waals surface area contributed by atoms with Gasteiger partial charge in [-0.15, -0.1) is 0 Å². The molecule has 0 fully saturated rings. The van der Waals surface area contributed by atoms with E-state index in [1.165, 1.54) is 0 Å². The number of ether oxygens (including phenoxy) is 4. The summed E-state index contributed by atoms with van der Waals surface area (Å²) >= 11 is 0. The van der Waals surface area contributed by atoms with Crippen LogP contribution < -0.4 is 92.6 Å². The Morgan fingerprint density at radius 2 is 0.510 bits per heavy atom. The molecule has 11 nitrogen and oxygen atoms in total. The number of aromatic nitrogens is 2. The Morgan fingerprint density at radius 3 is 0.863 bits per heavy atom. The zero-order valence-corrected chi connectivity index (χ0v) is 54.8. The van der Waals surface area contributed by atoms with Crippen molar-refractivity contribution in [1.29, 1.82) is 0 Å². The minimum absolute atomic E-state index is 0.283. The molecule has 2 aromatic heterocycles. The molecule has 13 aromatic carbocycles. The van der Waals surface area contributed by atoms with E-state index in [1.807, 2.05) is 24.5 Å². The predicted molar refractivity (Wildman–Crippen MR) is 415 cm³/mol. The van der Waals surface area contributed by atoms with E-state index in [0.717, 1.165) is 181 Å². The molecule has 6 aliphatic rings. The molecule has 476 valence electrons. The summed E-state index contributed by atoms with van der Waals surface area (Å²) in [5, 5.41) is 0. The normalized spacial score (nSPS) is 13.1. The van der Waals surface area contributed by atoms with Gasteiger partial charge < -0.3 is 33.6 Å². The maximum atomic E-state index is 7.85. The van der Waals surface area contributed by atoms with Crippen molar-refractivity contribution in [2.75, 3.05) is 24.5 Å². The van der Waals surface area contributed by atoms with Crippen LogP contribution in [0.4, 0.5) is 85.6 Å². The molecule has 0 saturated heterocycles. The highest BCUT2D eigenvalue weighted by Crippen LogP contribution is 2.51. The topological polar surface area (TPSA) is 78.9 Å². The summed E-state index contributed by atoms with van der Waals surface area (Å²) in [7, 11) is 0. The van der Waals surface area contributed by atoms with Crippen LogP contribution in [0.1, 0.15) is 0 Å². The maximum Gasteiger partial charge on any atom is 0.260 e. The zero-order chi connectivity index (χ0) is 66.9. The second-order valence-corrected chi connectivity index (χ2v) is 26.4. The molecule has 0 saturated carbocycles. The number of fused-ring (bicyclic) bond motifs is 12. The molecule has 14 heteroatoms. The molecular weight excluding hydrogens is 1250 g/mol. The van der Waals surface area contributed by atoms with Crippen LogP contribution in [0.5, 0.6) is 46.0 Å². The number of pyridine rings is 2. The van der Waals surface area contributed by atoms with Gasteiger partial charge in [0, 0.05) is 111 Å². The first-order valence-electron chi connectivity index (χ1n) is 34.5. The lowest BCUT2D eigenvalue weighted by Crippen LogP contribution is -2.64. The first-order chi connectivity index (χ1) is 50.6. The first kappa shape index (κ1) is 57.6. The molecule has 0 bridgehead atoms. The van der Waals surface area contributed by atoms with Crippen molar-refractivity contribution in [3.8, 4) is 46.0 Å². The summed E-state index contributed by atoms with van der Waals surface area (Å²) < 4.78 is 29.8. The van der Waals surface area contributed by atoms with E-state index in [9.17, 15) is 0 Å². The minimum atomic E-state index is -0.407. The van der Waals surface area contributed by atoms with Crippen molar-refractivity contribution in [2.24, 2.45) is 0 Å². The Kier molecular flexibility index (Phi) is 13.0. The van der Waals surface area contributed by atoms with Crippen molar-refractivity contribution >= 4 is 155 Å². The van der Waals surface area contributed by atoms with Crippen LogP contribution >= 0.6 is 0 Å². The van der Waals surface area contributed by atoms with Gasteiger partial charge in [-0.1, -0.05) is 170 Å². The highest BCUT2D eigenvalue weighted by molar-refractivity contribution is 7.03. The third-order valence-electron chi connectivity index (χ3n) is 20.6. The van der Waals surface area contributed by atoms with Crippen LogP contribution in [-0.2, 0) is 0 Å². The fraction of sp³-hybridized carbons (Fsp3) is 0. The second-order valence-electron chi connectivity index (χ2n) is 26.4. The van der Waals surface area contributed by atoms with E-state index in [-0.39, 0.29) is 13.4 Å². The molecule has 0 aliphatic carbocycles. The van der Waals surface area contributed by atoms with E-state index >= 15 is 0 Å². The van der Waals surface area contributed by atoms with E-state index in [0.29, 0.717) is 0 Å². The Hall–Kier alpha value is -13.4. The lowest BCUT2D eigenvalue weighted by Gasteiger charge is -2.44. The van der Waals surface area contributed by atoms with E-state index < -0.39 is 6.71 Å². The Balaban J connectivity index is 0.830. The van der Waals surface area contributed by atoms with Gasteiger partial charge in [0.05, 0.1) is 17.1 Å². The van der Waals surface area contributed by atoms with Crippen molar-refractivity contribution in [3.63, 3.8) is 0 Å². The molecule has 102 heavy (non-hydrogen) atoms. The number of hydrogen-bond donors (Lipinski definition) is 0. The van der Waals surface area contributed by atoms with Crippen LogP contribution in [-0.4, -0.2) is 30.1 Å². The summed E-state index contributed by atoms with van der Waals surface area (Å²) in [6.07, 6.45) is 3.75. The molecule has 0 N–H and O–H groups in total. The van der Waals surface area contributed by atoms with Crippen LogP contribution in [0, 0.1) is 0 Å². The van der Waals surface area contributed by atoms with Crippen LogP contribution in [0.15, 0.2) is 340 Å². The molecule has 0 atom stereocenters. The standard InChI is InChI=1S/C88H56B3N7O4/c1-7-27-57(28-8-1)94(58-29-9-2-10-30-58)63-47-74-86-80(49-63)99-76-41-21-19-39-66(76)89(86)68-53-71-79(55-72(68)97(74)84-43-23-25-45-92-84)101-81-50-64(95(59-31-11-3-12-32-59)60-33-13-4-14-34-60)48-75-87(81)91(71)69-54-70-78(56-73(69)98(75)85-44-24-26-46-93-85)102-83-52-65(51-82-88(83)90(70)67-40-20-22-42-77(67)100-82)96(61-35-15-5-16-36-61)62-37-17-6-18-38-62/h1-56H. The van der Waals surface area contributed by atoms with Gasteiger partial charge in [-0.25, -0.2) is 9.97 Å². The molecule has 0 radical (unpaired) electrons. The lowest BCUT2D eigenvalue weighted by atomic mass is 9.30. The van der Waals surface area contributed by atoms with Crippen LogP contribution in [0.2, 0.25) is 0 Å². The van der Waals surface area contributed by atoms with Gasteiger partial charge in [0.1, 0.15) is 57.6 Å². The third kappa shape index (κ3) is 9.05. The lowest BCUT2D eigenvalue weighted by molar-refractivity contribution is 0.465. The molecular formula is C88H56B3N7O4. The average Bonchev–Trinajstić information content (AvgIpc) is 0.692. The molecule has 0 amide bonds. The molecule has 0 unspecified atom stereocenters. The molecule has 0 spiro atoms. The van der Waals surface area contributed by atoms with Gasteiger partial charge >= 0.3 is 0 Å². The fourth-order valence-electron chi connectivity index (χ4n) is 16.5. The zero-order valence-electron chi connectivity index (χ0n) is 54.8. The van der Waals surface area contributed by atoms with Crippen LogP contribution in [0.25, 0.3) is 0 Å². The van der Waals surface area contributed by atoms with Gasteiger partial charge in [-0.2, -0.15) is 0 Å². The summed E-state index contributed by atoms with van der Waals surface area (Å²) in [5.41, 5.74) is 21.8. The Labute approximate surface area is 590 Å². The second kappa shape index (κ2) is 23.1. The minimum Gasteiger partial charge on any atom is -0.458 e. The summed E-state index contributed by atoms with van der Waals surface area (Å²) in [6.45, 7) is -0.973. The first-order valence-corrected chi connectivity index (χ1v) is 34.5. The summed E-state index contributed by atoms with van der Waals surface area (Å²) in [6, 6.07) is 115. The van der Waals surface area contributed by atoms with Crippen molar-refractivity contribution in [1.82, 2.24) is 9.97 Å². The smallest absolute Gasteiger partial charge is 0.260 e. The van der Waals surface area contributed by atoms with E-state index in [1.54, 1.807) is 0 Å². The number of nitrogens with zero attached hydrogens (tertiary/aromatic N) is 7. The van der Waals surface area contributed by atoms with Gasteiger partial charge in [0.2, 0.25) is 0 Å². The molecule has 21 rings (SSSR count). The van der Waals surface area contributed by atoms with Gasteiger partial charge in [-0.05, 0) is 165 Å². The quantitative estimate of drug-likeness (QED) is 0.116. The van der Waals surface area contributed by atoms with Crippen molar-refractivity contribution in [2.45, 2.75) is 0 Å². The summed E-state index contributed by atoms with van der Waals surface area (Å²) in [4.78, 5) is 22.0. The number of para-hydroxylation sites is 8. The average molecular weight is 1310 g/mol. The van der Waals surface area contributed by atoms with Crippen LogP contribution in [0.3, 0.4) is 0 Å². The van der Waals surface area contributed by atoms with Gasteiger partial charge in [0.25, 0.3) is 20.1 Å². The van der Waals surface area contributed by atoms with Gasteiger partial charge in [-0.3, -0.25) is 9.80 Å². The SMILES string of the molecule is c1ccc(N(c2ccccc2)c2cc3c4c(c2)Oc2cc5c(cc2B4c2ccccc2O3)B2c3cc4c(cc3Oc3cc(N(c6ccccc6)c6ccccc6)cc(c32)N5c2ccccn2)N(c2ccccn2)c2cc(N(c3ccccc3)c3ccccc3)cc3c2B4c2ccccc2O3)cc1. The number of benzene rings is 13. The highest BCUT2D eigenvalue weighted by atomic mass is 16.5. The predicted octanol–water partition coefficient (Wildman–Crippen LogP) is 16.4. The maximum absolute atomic E-state index is 7.85. The van der Waals surface area contributed by atoms with Crippen molar-refractivity contribution < 1.29 is 18.9 Å². The van der Waals surface area contributed by atoms with Gasteiger partial charge in [0.15, 0.2) is 0 Å². The van der Waals surface area contributed by atoms with Crippen molar-refractivity contribution in [3.05, 3.63) is 340 Å². The van der Waals surface area contributed by atoms with E-state index in [4.69, 9.17) is 28.9 Å².